The molecule has 0 aromatic heterocycles. The highest BCUT2D eigenvalue weighted by atomic mass is 16.4. The minimum Gasteiger partial charge on any atom is -0.481 e. The van der Waals surface area contributed by atoms with Crippen molar-refractivity contribution in [3.05, 3.63) is 96.7 Å². The van der Waals surface area contributed by atoms with Crippen molar-refractivity contribution < 1.29 is 19.8 Å². The third kappa shape index (κ3) is 31.1. The van der Waals surface area contributed by atoms with Gasteiger partial charge in [-0.1, -0.05) is 142 Å². The second kappa shape index (κ2) is 30.4. The Morgan fingerprint density at radius 3 is 1.43 bits per heavy atom. The molecule has 0 saturated heterocycles. The summed E-state index contributed by atoms with van der Waals surface area (Å²) in [4.78, 5) is 21.1. The molecule has 0 amide bonds. The molecule has 0 rings (SSSR count). The first-order valence-corrected chi connectivity index (χ1v) is 15.3. The minimum absolute atomic E-state index is 0.282. The van der Waals surface area contributed by atoms with Crippen LogP contribution in [0.5, 0.6) is 0 Å². The third-order valence-corrected chi connectivity index (χ3v) is 6.26. The predicted octanol–water partition coefficient (Wildman–Crippen LogP) is 10.6. The van der Waals surface area contributed by atoms with Crippen molar-refractivity contribution in [1.29, 1.82) is 0 Å². The van der Waals surface area contributed by atoms with Gasteiger partial charge in [0.2, 0.25) is 0 Å². The molecule has 0 aromatic carbocycles. The Kier molecular flexibility index (Phi) is 28.0. The van der Waals surface area contributed by atoms with Crippen LogP contribution in [0.15, 0.2) is 96.7 Å². The van der Waals surface area contributed by atoms with Gasteiger partial charge < -0.3 is 10.2 Å². The number of carbonyl (C=O) groups is 2. The molecule has 0 aliphatic rings. The lowest BCUT2D eigenvalue weighted by Gasteiger charge is -2.06. The summed E-state index contributed by atoms with van der Waals surface area (Å²) in [5.74, 6) is -1.39. The van der Waals surface area contributed by atoms with Gasteiger partial charge in [-0.25, -0.2) is 0 Å². The van der Waals surface area contributed by atoms with Crippen LogP contribution in [-0.4, -0.2) is 22.2 Å². The average Bonchev–Trinajstić information content (AvgIpc) is 2.92. The molecule has 222 valence electrons. The van der Waals surface area contributed by atoms with Gasteiger partial charge in [0.1, 0.15) is 0 Å². The second-order valence-corrected chi connectivity index (χ2v) is 9.96. The Balaban J connectivity index is 4.29. The number of allylic oxidation sites excluding steroid dienone is 16. The van der Waals surface area contributed by atoms with E-state index in [4.69, 9.17) is 10.2 Å². The second-order valence-electron chi connectivity index (χ2n) is 9.96. The number of carboxylic acid groups (broad SMARTS) is 2. The van der Waals surface area contributed by atoms with Crippen LogP contribution in [0.3, 0.4) is 0 Å². The Morgan fingerprint density at radius 1 is 0.450 bits per heavy atom. The van der Waals surface area contributed by atoms with E-state index >= 15 is 0 Å². The summed E-state index contributed by atoms with van der Waals surface area (Å²) in [5, 5.41) is 17.4. The quantitative estimate of drug-likeness (QED) is 0.0829. The third-order valence-electron chi connectivity index (χ3n) is 6.26. The van der Waals surface area contributed by atoms with Gasteiger partial charge in [-0.15, -0.1) is 0 Å². The van der Waals surface area contributed by atoms with Crippen molar-refractivity contribution in [2.24, 2.45) is 0 Å². The van der Waals surface area contributed by atoms with Crippen LogP contribution in [0.2, 0.25) is 0 Å². The molecule has 0 bridgehead atoms. The predicted molar refractivity (Wildman–Crippen MR) is 171 cm³/mol. The van der Waals surface area contributed by atoms with E-state index in [9.17, 15) is 9.59 Å². The first kappa shape index (κ1) is 36.9. The Morgan fingerprint density at radius 2 is 0.875 bits per heavy atom. The summed E-state index contributed by atoms with van der Waals surface area (Å²) in [6.45, 7) is 2.13. The molecule has 0 heterocycles. The maximum absolute atomic E-state index is 10.6. The summed E-state index contributed by atoms with van der Waals surface area (Å²) in [5.41, 5.74) is 1.46. The van der Waals surface area contributed by atoms with Gasteiger partial charge in [0.25, 0.3) is 0 Å². The van der Waals surface area contributed by atoms with Crippen molar-refractivity contribution in [3.8, 4) is 0 Å². The number of carboxylic acids is 2. The molecule has 0 fully saturated rings. The normalized spacial score (nSPS) is 13.2. The smallest absolute Gasteiger partial charge is 0.303 e. The molecular weight excluding hydrogens is 496 g/mol. The van der Waals surface area contributed by atoms with E-state index in [-0.39, 0.29) is 6.42 Å². The Hall–Kier alpha value is -3.14. The number of aliphatic carboxylic acids is 2. The van der Waals surface area contributed by atoms with E-state index in [1.165, 1.54) is 5.57 Å². The maximum atomic E-state index is 10.6. The highest BCUT2D eigenvalue weighted by molar-refractivity contribution is 5.66. The highest BCUT2D eigenvalue weighted by Crippen LogP contribution is 2.17. The molecule has 0 atom stereocenters. The van der Waals surface area contributed by atoms with Gasteiger partial charge in [0.15, 0.2) is 0 Å². The zero-order valence-corrected chi connectivity index (χ0v) is 24.9. The molecule has 4 heteroatoms. The van der Waals surface area contributed by atoms with Crippen LogP contribution < -0.4 is 0 Å². The van der Waals surface area contributed by atoms with Crippen molar-refractivity contribution in [2.75, 3.05) is 0 Å². The fourth-order valence-corrected chi connectivity index (χ4v) is 3.99. The van der Waals surface area contributed by atoms with Crippen LogP contribution in [0.25, 0.3) is 0 Å². The van der Waals surface area contributed by atoms with Crippen LogP contribution >= 0.6 is 0 Å². The van der Waals surface area contributed by atoms with E-state index in [1.54, 1.807) is 0 Å². The van der Waals surface area contributed by atoms with Crippen molar-refractivity contribution in [3.63, 3.8) is 0 Å². The van der Waals surface area contributed by atoms with Crippen molar-refractivity contribution in [2.45, 2.75) is 116 Å². The molecule has 0 aliphatic carbocycles. The standard InChI is InChI=1S/C36H54O4/c1-2-3-4-5-15-19-24-29-34(31-26-21-18-23-28-33-36(39)40)30-25-20-16-13-11-9-7-6-8-10-12-14-17-22-27-32-35(37)38/h3-9,11,13,15-16,19-20,24,29H,2,10,12,14,17-18,21-23,25-28,30-33H2,1H3,(H,37,38)(H,39,40). The summed E-state index contributed by atoms with van der Waals surface area (Å²) in [7, 11) is 0. The summed E-state index contributed by atoms with van der Waals surface area (Å²) >= 11 is 0. The lowest BCUT2D eigenvalue weighted by Crippen LogP contribution is -1.93. The van der Waals surface area contributed by atoms with E-state index in [1.807, 2.05) is 12.2 Å². The molecular formula is C36H54O4. The number of hydrogen-bond acceptors (Lipinski definition) is 2. The van der Waals surface area contributed by atoms with E-state index in [0.717, 1.165) is 96.3 Å². The molecule has 0 unspecified atom stereocenters. The molecule has 2 N–H and O–H groups in total. The Bertz CT molecular complexity index is 865. The van der Waals surface area contributed by atoms with E-state index in [2.05, 4.69) is 85.9 Å². The molecule has 0 spiro atoms. The van der Waals surface area contributed by atoms with Gasteiger partial charge in [-0.3, -0.25) is 9.59 Å². The molecule has 4 nitrogen and oxygen atoms in total. The van der Waals surface area contributed by atoms with Crippen molar-refractivity contribution >= 4 is 11.9 Å². The van der Waals surface area contributed by atoms with Crippen molar-refractivity contribution in [1.82, 2.24) is 0 Å². The zero-order valence-electron chi connectivity index (χ0n) is 24.9. The molecule has 0 aromatic rings. The molecule has 0 saturated carbocycles. The van der Waals surface area contributed by atoms with Gasteiger partial charge >= 0.3 is 11.9 Å². The topological polar surface area (TPSA) is 74.6 Å². The summed E-state index contributed by atoms with van der Waals surface area (Å²) in [6.07, 6.45) is 47.8. The molecule has 0 radical (unpaired) electrons. The number of unbranched alkanes of at least 4 members (excludes halogenated alkanes) is 9. The summed E-state index contributed by atoms with van der Waals surface area (Å²) in [6, 6.07) is 0. The monoisotopic (exact) mass is 550 g/mol. The van der Waals surface area contributed by atoms with Crippen LogP contribution in [-0.2, 0) is 9.59 Å². The fraction of sp³-hybridized carbons (Fsp3) is 0.500. The van der Waals surface area contributed by atoms with Crippen LogP contribution in [0.4, 0.5) is 0 Å². The van der Waals surface area contributed by atoms with Gasteiger partial charge in [0, 0.05) is 12.8 Å². The minimum atomic E-state index is -0.696. The fourth-order valence-electron chi connectivity index (χ4n) is 3.99. The molecule has 40 heavy (non-hydrogen) atoms. The van der Waals surface area contributed by atoms with E-state index in [0.29, 0.717) is 6.42 Å². The van der Waals surface area contributed by atoms with Gasteiger partial charge in [-0.2, -0.15) is 0 Å². The lowest BCUT2D eigenvalue weighted by molar-refractivity contribution is -0.138. The average molecular weight is 551 g/mol. The number of rotatable bonds is 26. The Labute approximate surface area is 244 Å². The zero-order chi connectivity index (χ0) is 29.4. The van der Waals surface area contributed by atoms with Gasteiger partial charge in [0.05, 0.1) is 0 Å². The number of hydrogen-bond donors (Lipinski definition) is 2. The van der Waals surface area contributed by atoms with Crippen LogP contribution in [0, 0.1) is 0 Å². The van der Waals surface area contributed by atoms with Gasteiger partial charge in [-0.05, 0) is 57.8 Å². The maximum Gasteiger partial charge on any atom is 0.303 e. The lowest BCUT2D eigenvalue weighted by atomic mass is 10.0. The largest absolute Gasteiger partial charge is 0.481 e. The van der Waals surface area contributed by atoms with Crippen LogP contribution in [0.1, 0.15) is 116 Å². The summed E-state index contributed by atoms with van der Waals surface area (Å²) < 4.78 is 0. The van der Waals surface area contributed by atoms with E-state index < -0.39 is 11.9 Å². The highest BCUT2D eigenvalue weighted by Gasteiger charge is 1.99. The molecule has 0 aliphatic heterocycles. The first-order chi connectivity index (χ1) is 19.6. The SMILES string of the molecule is CCC=CC=CC=CC=C(CCC=CC=CC=CC=CCCCCCCCC(=O)O)CCCCCCCC(=O)O. The first-order valence-electron chi connectivity index (χ1n) is 15.3.